The molecule has 0 saturated heterocycles. The lowest BCUT2D eigenvalue weighted by molar-refractivity contribution is -0.116. The van der Waals surface area contributed by atoms with Crippen LogP contribution in [-0.2, 0) is 11.2 Å². The smallest absolute Gasteiger partial charge is 0.224 e. The summed E-state index contributed by atoms with van der Waals surface area (Å²) in [5.74, 6) is 0.110. The Kier molecular flexibility index (Phi) is 3.48. The van der Waals surface area contributed by atoms with Crippen LogP contribution in [-0.4, -0.2) is 17.7 Å². The summed E-state index contributed by atoms with van der Waals surface area (Å²) >= 11 is 0. The minimum Gasteiger partial charge on any atom is -0.326 e. The van der Waals surface area contributed by atoms with Gasteiger partial charge in [-0.1, -0.05) is 13.8 Å². The molecule has 0 radical (unpaired) electrons. The van der Waals surface area contributed by atoms with Crippen LogP contribution in [0.1, 0.15) is 36.2 Å². The molecule has 0 aliphatic carbocycles. The van der Waals surface area contributed by atoms with E-state index in [-0.39, 0.29) is 17.6 Å². The van der Waals surface area contributed by atoms with Crippen LogP contribution in [0.25, 0.3) is 0 Å². The zero-order chi connectivity index (χ0) is 13.3. The molecule has 4 heteroatoms. The molecule has 1 aliphatic heterocycles. The molecule has 1 atom stereocenters. The van der Waals surface area contributed by atoms with Crippen molar-refractivity contribution in [2.24, 2.45) is 11.7 Å². The first-order valence-electron chi connectivity index (χ1n) is 6.21. The van der Waals surface area contributed by atoms with Gasteiger partial charge in [0.2, 0.25) is 5.91 Å². The van der Waals surface area contributed by atoms with Gasteiger partial charge >= 0.3 is 0 Å². The van der Waals surface area contributed by atoms with E-state index in [9.17, 15) is 9.59 Å². The van der Waals surface area contributed by atoms with Crippen molar-refractivity contribution in [1.29, 1.82) is 0 Å². The second kappa shape index (κ2) is 4.90. The number of carbonyl (C=O) groups is 2. The van der Waals surface area contributed by atoms with Crippen LogP contribution >= 0.6 is 0 Å². The summed E-state index contributed by atoms with van der Waals surface area (Å²) in [6, 6.07) is 4.89. The molecule has 1 amide bonds. The Labute approximate surface area is 107 Å². The predicted octanol–water partition coefficient (Wildman–Crippen LogP) is 1.74. The van der Waals surface area contributed by atoms with Gasteiger partial charge in [-0.15, -0.1) is 0 Å². The maximum atomic E-state index is 12.1. The number of carbonyl (C=O) groups excluding carboxylic acids is 2. The van der Waals surface area contributed by atoms with Gasteiger partial charge in [0.15, 0.2) is 5.78 Å². The zero-order valence-corrected chi connectivity index (χ0v) is 10.7. The summed E-state index contributed by atoms with van der Waals surface area (Å²) in [4.78, 5) is 23.4. The van der Waals surface area contributed by atoms with Crippen molar-refractivity contribution >= 4 is 17.4 Å². The van der Waals surface area contributed by atoms with Gasteiger partial charge in [-0.05, 0) is 36.1 Å². The zero-order valence-electron chi connectivity index (χ0n) is 10.7. The first kappa shape index (κ1) is 12.8. The van der Waals surface area contributed by atoms with Gasteiger partial charge in [-0.3, -0.25) is 9.59 Å². The molecule has 1 aromatic carbocycles. The lowest BCUT2D eigenvalue weighted by atomic mass is 9.93. The van der Waals surface area contributed by atoms with Gasteiger partial charge in [-0.25, -0.2) is 0 Å². The first-order chi connectivity index (χ1) is 8.49. The van der Waals surface area contributed by atoms with E-state index < -0.39 is 6.04 Å². The number of hydrogen-bond acceptors (Lipinski definition) is 3. The van der Waals surface area contributed by atoms with Crippen LogP contribution in [0.2, 0.25) is 0 Å². The summed E-state index contributed by atoms with van der Waals surface area (Å²) in [7, 11) is 0. The summed E-state index contributed by atoms with van der Waals surface area (Å²) in [6.45, 7) is 3.86. The number of anilines is 1. The molecular formula is C14H18N2O2. The molecule has 96 valence electrons. The highest BCUT2D eigenvalue weighted by Crippen LogP contribution is 2.24. The van der Waals surface area contributed by atoms with Crippen molar-refractivity contribution < 1.29 is 9.59 Å². The minimum absolute atomic E-state index is 0.0282. The summed E-state index contributed by atoms with van der Waals surface area (Å²) < 4.78 is 0. The number of benzene rings is 1. The predicted molar refractivity (Wildman–Crippen MR) is 70.5 cm³/mol. The molecule has 2 rings (SSSR count). The van der Waals surface area contributed by atoms with Crippen LogP contribution in [0.3, 0.4) is 0 Å². The largest absolute Gasteiger partial charge is 0.326 e. The molecule has 0 saturated carbocycles. The van der Waals surface area contributed by atoms with E-state index in [1.165, 1.54) is 0 Å². The third-order valence-corrected chi connectivity index (χ3v) is 3.31. The standard InChI is InChI=1S/C14H18N2O2/c1-8(2)13(15)14(18)10-3-5-11-9(7-10)4-6-12(17)16-11/h3,5,7-8,13H,4,6,15H2,1-2H3,(H,16,17). The van der Waals surface area contributed by atoms with Gasteiger partial charge in [0, 0.05) is 17.7 Å². The molecule has 1 aliphatic rings. The molecule has 1 unspecified atom stereocenters. The second-order valence-corrected chi connectivity index (χ2v) is 5.05. The van der Waals surface area contributed by atoms with Crippen molar-refractivity contribution in [3.8, 4) is 0 Å². The fraction of sp³-hybridized carbons (Fsp3) is 0.429. The van der Waals surface area contributed by atoms with Crippen LogP contribution in [0.5, 0.6) is 0 Å². The maximum absolute atomic E-state index is 12.1. The van der Waals surface area contributed by atoms with E-state index in [2.05, 4.69) is 5.32 Å². The first-order valence-corrected chi connectivity index (χ1v) is 6.21. The highest BCUT2D eigenvalue weighted by Gasteiger charge is 2.21. The van der Waals surface area contributed by atoms with E-state index in [1.807, 2.05) is 19.9 Å². The fourth-order valence-corrected chi connectivity index (χ4v) is 2.03. The van der Waals surface area contributed by atoms with Crippen LogP contribution in [0.15, 0.2) is 18.2 Å². The Morgan fingerprint density at radius 2 is 2.06 bits per heavy atom. The van der Waals surface area contributed by atoms with E-state index in [1.54, 1.807) is 12.1 Å². The molecule has 18 heavy (non-hydrogen) atoms. The van der Waals surface area contributed by atoms with Crippen molar-refractivity contribution in [1.82, 2.24) is 0 Å². The molecule has 4 nitrogen and oxygen atoms in total. The quantitative estimate of drug-likeness (QED) is 0.798. The summed E-state index contributed by atoms with van der Waals surface area (Å²) in [6.07, 6.45) is 1.15. The molecule has 3 N–H and O–H groups in total. The van der Waals surface area contributed by atoms with E-state index in [4.69, 9.17) is 5.73 Å². The molecule has 1 aromatic rings. The summed E-state index contributed by atoms with van der Waals surface area (Å²) in [5, 5.41) is 2.80. The molecule has 0 bridgehead atoms. The monoisotopic (exact) mass is 246 g/mol. The SMILES string of the molecule is CC(C)C(N)C(=O)c1ccc2c(c1)CCC(=O)N2. The summed E-state index contributed by atoms with van der Waals surface area (Å²) in [5.41, 5.74) is 8.32. The Hall–Kier alpha value is -1.68. The lowest BCUT2D eigenvalue weighted by Crippen LogP contribution is -2.35. The molecule has 0 aromatic heterocycles. The van der Waals surface area contributed by atoms with Gasteiger partial charge in [0.25, 0.3) is 0 Å². The Bertz CT molecular complexity index is 495. The van der Waals surface area contributed by atoms with E-state index in [0.29, 0.717) is 18.4 Å². The van der Waals surface area contributed by atoms with Crippen LogP contribution < -0.4 is 11.1 Å². The van der Waals surface area contributed by atoms with Gasteiger partial charge in [0.05, 0.1) is 6.04 Å². The van der Waals surface area contributed by atoms with E-state index >= 15 is 0 Å². The Morgan fingerprint density at radius 1 is 1.33 bits per heavy atom. The van der Waals surface area contributed by atoms with Crippen molar-refractivity contribution in [3.05, 3.63) is 29.3 Å². The number of fused-ring (bicyclic) bond motifs is 1. The number of hydrogen-bond donors (Lipinski definition) is 2. The number of Topliss-reactive ketones (excluding diaryl/α,β-unsaturated/α-hetero) is 1. The third kappa shape index (κ3) is 2.43. The third-order valence-electron chi connectivity index (χ3n) is 3.31. The Morgan fingerprint density at radius 3 is 2.72 bits per heavy atom. The number of nitrogens with two attached hydrogens (primary N) is 1. The van der Waals surface area contributed by atoms with Crippen LogP contribution in [0.4, 0.5) is 5.69 Å². The molecule has 0 spiro atoms. The number of aryl methyl sites for hydroxylation is 1. The van der Waals surface area contributed by atoms with Crippen molar-refractivity contribution in [2.45, 2.75) is 32.7 Å². The van der Waals surface area contributed by atoms with Gasteiger partial charge < -0.3 is 11.1 Å². The fourth-order valence-electron chi connectivity index (χ4n) is 2.03. The number of amides is 1. The maximum Gasteiger partial charge on any atom is 0.224 e. The average molecular weight is 246 g/mol. The molecule has 0 fully saturated rings. The minimum atomic E-state index is -0.471. The van der Waals surface area contributed by atoms with Gasteiger partial charge in [0.1, 0.15) is 0 Å². The topological polar surface area (TPSA) is 72.2 Å². The van der Waals surface area contributed by atoms with Gasteiger partial charge in [-0.2, -0.15) is 0 Å². The number of nitrogens with one attached hydrogen (secondary N) is 1. The van der Waals surface area contributed by atoms with Crippen LogP contribution in [0, 0.1) is 5.92 Å². The average Bonchev–Trinajstić information content (AvgIpc) is 2.36. The van der Waals surface area contributed by atoms with E-state index in [0.717, 1.165) is 11.3 Å². The molecular weight excluding hydrogens is 228 g/mol. The number of ketones is 1. The lowest BCUT2D eigenvalue weighted by Gasteiger charge is -2.19. The van der Waals surface area contributed by atoms with Crippen molar-refractivity contribution in [2.75, 3.05) is 5.32 Å². The number of rotatable bonds is 3. The Balaban J connectivity index is 2.26. The second-order valence-electron chi connectivity index (χ2n) is 5.05. The highest BCUT2D eigenvalue weighted by atomic mass is 16.1. The van der Waals surface area contributed by atoms with Crippen molar-refractivity contribution in [3.63, 3.8) is 0 Å². The highest BCUT2D eigenvalue weighted by molar-refractivity contribution is 6.01. The normalized spacial score (nSPS) is 16.1. The molecule has 1 heterocycles.